The van der Waals surface area contributed by atoms with Crippen LogP contribution in [0.2, 0.25) is 0 Å². The molecule has 0 unspecified atom stereocenters. The highest BCUT2D eigenvalue weighted by atomic mass is 32.1. The van der Waals surface area contributed by atoms with Gasteiger partial charge in [-0.05, 0) is 55.2 Å². The van der Waals surface area contributed by atoms with Crippen molar-refractivity contribution in [1.29, 1.82) is 0 Å². The largest absolute Gasteiger partial charge is 0.332 e. The summed E-state index contributed by atoms with van der Waals surface area (Å²) in [5.41, 5.74) is 1.51. The number of benzene rings is 1. The quantitative estimate of drug-likeness (QED) is 0.730. The van der Waals surface area contributed by atoms with E-state index >= 15 is 0 Å². The molecule has 1 aliphatic carbocycles. The highest BCUT2D eigenvalue weighted by Gasteiger charge is 2.29. The molecule has 0 heterocycles. The van der Waals surface area contributed by atoms with Crippen LogP contribution in [-0.4, -0.2) is 16.9 Å². The smallest absolute Gasteiger partial charge is 0.229 e. The van der Waals surface area contributed by atoms with Crippen LogP contribution in [0.1, 0.15) is 33.1 Å². The minimum absolute atomic E-state index is 0.00271. The summed E-state index contributed by atoms with van der Waals surface area (Å²) in [6, 6.07) is 7.21. The van der Waals surface area contributed by atoms with Crippen molar-refractivity contribution in [3.8, 4) is 0 Å². The fraction of sp³-hybridized carbons (Fsp3) is 0.438. The molecule has 0 saturated heterocycles. The van der Waals surface area contributed by atoms with Gasteiger partial charge in [-0.2, -0.15) is 0 Å². The topological polar surface area (TPSA) is 70.2 Å². The average Bonchev–Trinajstić information content (AvgIpc) is 3.24. The van der Waals surface area contributed by atoms with Crippen LogP contribution in [0.25, 0.3) is 0 Å². The third-order valence-corrected chi connectivity index (χ3v) is 3.41. The van der Waals surface area contributed by atoms with Crippen molar-refractivity contribution in [1.82, 2.24) is 5.32 Å². The maximum atomic E-state index is 11.7. The molecule has 2 amide bonds. The standard InChI is InChI=1S/C16H21N3O2S/c1-10(2)9-14(20)17-12-5-7-13(8-6-12)18-16(22)19-15(21)11-3-4-11/h5-8,10-11H,3-4,9H2,1-2H3,(H,17,20)(H2,18,19,21,22). The minimum Gasteiger partial charge on any atom is -0.332 e. The number of carbonyl (C=O) groups is 2. The van der Waals surface area contributed by atoms with Crippen LogP contribution < -0.4 is 16.0 Å². The van der Waals surface area contributed by atoms with Crippen LogP contribution in [-0.2, 0) is 9.59 Å². The van der Waals surface area contributed by atoms with Crippen molar-refractivity contribution in [3.05, 3.63) is 24.3 Å². The van der Waals surface area contributed by atoms with Gasteiger partial charge in [0.2, 0.25) is 11.8 Å². The number of anilines is 2. The first kappa shape index (κ1) is 16.4. The third-order valence-electron chi connectivity index (χ3n) is 3.21. The summed E-state index contributed by atoms with van der Waals surface area (Å²) in [4.78, 5) is 23.3. The van der Waals surface area contributed by atoms with Gasteiger partial charge in [0.25, 0.3) is 0 Å². The molecule has 3 N–H and O–H groups in total. The summed E-state index contributed by atoms with van der Waals surface area (Å²) < 4.78 is 0. The Morgan fingerprint density at radius 2 is 1.68 bits per heavy atom. The lowest BCUT2D eigenvalue weighted by atomic mass is 10.1. The Morgan fingerprint density at radius 3 is 2.18 bits per heavy atom. The van der Waals surface area contributed by atoms with E-state index in [1.165, 1.54) is 0 Å². The van der Waals surface area contributed by atoms with E-state index in [-0.39, 0.29) is 17.7 Å². The maximum Gasteiger partial charge on any atom is 0.229 e. The molecule has 1 aromatic carbocycles. The summed E-state index contributed by atoms with van der Waals surface area (Å²) in [5.74, 6) is 0.435. The van der Waals surface area contributed by atoms with Crippen LogP contribution in [0.3, 0.4) is 0 Å². The number of carbonyl (C=O) groups excluding carboxylic acids is 2. The molecule has 0 atom stereocenters. The second-order valence-corrected chi connectivity index (χ2v) is 6.35. The van der Waals surface area contributed by atoms with Crippen molar-refractivity contribution >= 4 is 40.5 Å². The zero-order valence-electron chi connectivity index (χ0n) is 12.8. The molecule has 1 fully saturated rings. The second kappa shape index (κ2) is 7.35. The lowest BCUT2D eigenvalue weighted by molar-refractivity contribution is -0.121. The molecule has 1 aromatic rings. The Labute approximate surface area is 135 Å². The molecule has 6 heteroatoms. The minimum atomic E-state index is -0.0185. The first-order valence-electron chi connectivity index (χ1n) is 7.46. The molecule has 22 heavy (non-hydrogen) atoms. The molecule has 0 radical (unpaired) electrons. The van der Waals surface area contributed by atoms with Crippen LogP contribution in [0.5, 0.6) is 0 Å². The fourth-order valence-corrected chi connectivity index (χ4v) is 2.16. The van der Waals surface area contributed by atoms with Gasteiger partial charge in [-0.1, -0.05) is 13.8 Å². The normalized spacial score (nSPS) is 13.6. The van der Waals surface area contributed by atoms with E-state index < -0.39 is 0 Å². The van der Waals surface area contributed by atoms with E-state index in [1.54, 1.807) is 24.3 Å². The first-order chi connectivity index (χ1) is 10.4. The molecule has 0 spiro atoms. The number of hydrogen-bond donors (Lipinski definition) is 3. The lowest BCUT2D eigenvalue weighted by Gasteiger charge is -2.11. The Kier molecular flexibility index (Phi) is 5.49. The van der Waals surface area contributed by atoms with Gasteiger partial charge in [0.1, 0.15) is 0 Å². The van der Waals surface area contributed by atoms with E-state index in [2.05, 4.69) is 16.0 Å². The predicted octanol–water partition coefficient (Wildman–Crippen LogP) is 2.89. The monoisotopic (exact) mass is 319 g/mol. The molecular weight excluding hydrogens is 298 g/mol. The van der Waals surface area contributed by atoms with E-state index in [9.17, 15) is 9.59 Å². The average molecular weight is 319 g/mol. The van der Waals surface area contributed by atoms with Crippen molar-refractivity contribution in [3.63, 3.8) is 0 Å². The molecule has 5 nitrogen and oxygen atoms in total. The number of amides is 2. The van der Waals surface area contributed by atoms with Gasteiger partial charge in [-0.15, -0.1) is 0 Å². The van der Waals surface area contributed by atoms with Crippen LogP contribution in [0.4, 0.5) is 11.4 Å². The summed E-state index contributed by atoms with van der Waals surface area (Å²) in [5, 5.41) is 8.76. The predicted molar refractivity (Wildman–Crippen MR) is 91.6 cm³/mol. The SMILES string of the molecule is CC(C)CC(=O)Nc1ccc(NC(=S)NC(=O)C2CC2)cc1. The Hall–Kier alpha value is -1.95. The van der Waals surface area contributed by atoms with E-state index in [1.807, 2.05) is 13.8 Å². The van der Waals surface area contributed by atoms with Crippen molar-refractivity contribution in [2.45, 2.75) is 33.1 Å². The fourth-order valence-electron chi connectivity index (χ4n) is 1.94. The Balaban J connectivity index is 1.81. The van der Waals surface area contributed by atoms with Crippen molar-refractivity contribution < 1.29 is 9.59 Å². The highest BCUT2D eigenvalue weighted by Crippen LogP contribution is 2.28. The van der Waals surface area contributed by atoms with Gasteiger partial charge >= 0.3 is 0 Å². The van der Waals surface area contributed by atoms with Gasteiger partial charge in [-0.25, -0.2) is 0 Å². The van der Waals surface area contributed by atoms with Gasteiger partial charge in [-0.3, -0.25) is 9.59 Å². The molecule has 118 valence electrons. The van der Waals surface area contributed by atoms with E-state index in [0.29, 0.717) is 17.5 Å². The maximum absolute atomic E-state index is 11.7. The molecule has 0 bridgehead atoms. The zero-order chi connectivity index (χ0) is 16.1. The van der Waals surface area contributed by atoms with Gasteiger partial charge in [0.05, 0.1) is 0 Å². The van der Waals surface area contributed by atoms with Gasteiger partial charge in [0, 0.05) is 23.7 Å². The summed E-state index contributed by atoms with van der Waals surface area (Å²) in [6.07, 6.45) is 2.38. The Morgan fingerprint density at radius 1 is 1.14 bits per heavy atom. The van der Waals surface area contributed by atoms with Crippen molar-refractivity contribution in [2.75, 3.05) is 10.6 Å². The second-order valence-electron chi connectivity index (χ2n) is 5.94. The number of thiocarbonyl (C=S) groups is 1. The molecular formula is C16H21N3O2S. The van der Waals surface area contributed by atoms with Gasteiger partial charge < -0.3 is 16.0 Å². The number of rotatable bonds is 5. The number of hydrogen-bond acceptors (Lipinski definition) is 3. The first-order valence-corrected chi connectivity index (χ1v) is 7.86. The van der Waals surface area contributed by atoms with E-state index in [0.717, 1.165) is 24.2 Å². The molecule has 0 aromatic heterocycles. The van der Waals surface area contributed by atoms with E-state index in [4.69, 9.17) is 12.2 Å². The summed E-state index contributed by atoms with van der Waals surface area (Å²) in [6.45, 7) is 4.01. The number of nitrogens with one attached hydrogen (secondary N) is 3. The highest BCUT2D eigenvalue weighted by molar-refractivity contribution is 7.80. The summed E-state index contributed by atoms with van der Waals surface area (Å²) in [7, 11) is 0. The van der Waals surface area contributed by atoms with Crippen LogP contribution in [0, 0.1) is 11.8 Å². The van der Waals surface area contributed by atoms with Crippen LogP contribution in [0.15, 0.2) is 24.3 Å². The van der Waals surface area contributed by atoms with Gasteiger partial charge in [0.15, 0.2) is 5.11 Å². The molecule has 1 aliphatic rings. The van der Waals surface area contributed by atoms with Crippen LogP contribution >= 0.6 is 12.2 Å². The molecule has 2 rings (SSSR count). The molecule has 0 aliphatic heterocycles. The Bertz CT molecular complexity index is 565. The summed E-state index contributed by atoms with van der Waals surface area (Å²) >= 11 is 5.10. The zero-order valence-corrected chi connectivity index (χ0v) is 13.6. The van der Waals surface area contributed by atoms with Crippen molar-refractivity contribution in [2.24, 2.45) is 11.8 Å². The third kappa shape index (κ3) is 5.44. The lowest BCUT2D eigenvalue weighted by Crippen LogP contribution is -2.35. The molecule has 1 saturated carbocycles.